The molecule has 26 heavy (non-hydrogen) atoms. The van der Waals surface area contributed by atoms with E-state index in [0.29, 0.717) is 45.6 Å². The first-order valence-corrected chi connectivity index (χ1v) is 8.32. The highest BCUT2D eigenvalue weighted by Crippen LogP contribution is 2.36. The van der Waals surface area contributed by atoms with Crippen LogP contribution in [0.3, 0.4) is 0 Å². The lowest BCUT2D eigenvalue weighted by atomic mass is 10.0. The van der Waals surface area contributed by atoms with E-state index in [0.717, 1.165) is 5.56 Å². The van der Waals surface area contributed by atoms with Gasteiger partial charge in [0, 0.05) is 6.07 Å². The molecule has 0 amide bonds. The lowest BCUT2D eigenvalue weighted by molar-refractivity contribution is 0.358. The van der Waals surface area contributed by atoms with Crippen LogP contribution in [0, 0.1) is 0 Å². The molecule has 1 aromatic heterocycles. The van der Waals surface area contributed by atoms with Crippen LogP contribution in [0.5, 0.6) is 17.2 Å². The van der Waals surface area contributed by atoms with E-state index in [1.807, 2.05) is 19.9 Å². The Labute approximate surface area is 151 Å². The van der Waals surface area contributed by atoms with Gasteiger partial charge in [0.1, 0.15) is 22.3 Å². The van der Waals surface area contributed by atoms with E-state index in [1.165, 1.54) is 19.8 Å². The van der Waals surface area contributed by atoms with Crippen molar-refractivity contribution in [2.45, 2.75) is 20.3 Å². The van der Waals surface area contributed by atoms with Crippen LogP contribution in [0.25, 0.3) is 21.9 Å². The first-order chi connectivity index (χ1) is 12.5. The van der Waals surface area contributed by atoms with Gasteiger partial charge in [0.25, 0.3) is 0 Å². The van der Waals surface area contributed by atoms with Gasteiger partial charge in [-0.2, -0.15) is 0 Å². The molecule has 3 rings (SSSR count). The summed E-state index contributed by atoms with van der Waals surface area (Å²) in [6, 6.07) is 7.02. The summed E-state index contributed by atoms with van der Waals surface area (Å²) in [4.78, 5) is 13.2. The van der Waals surface area contributed by atoms with Crippen LogP contribution in [0.2, 0.25) is 0 Å². The number of hydrogen-bond donors (Lipinski definition) is 0. The molecule has 0 fully saturated rings. The van der Waals surface area contributed by atoms with Crippen LogP contribution < -0.4 is 19.6 Å². The third-order valence-corrected chi connectivity index (χ3v) is 4.31. The first kappa shape index (κ1) is 17.9. The van der Waals surface area contributed by atoms with Gasteiger partial charge in [-0.3, -0.25) is 4.79 Å². The number of hydrogen-bond acceptors (Lipinski definition) is 5. The number of fused-ring (bicyclic) bond motifs is 2. The lowest BCUT2D eigenvalue weighted by Gasteiger charge is -2.12. The number of methoxy groups -OCH3 is 3. The molecule has 0 spiro atoms. The van der Waals surface area contributed by atoms with Gasteiger partial charge in [-0.15, -0.1) is 0 Å². The zero-order chi connectivity index (χ0) is 18.8. The molecule has 0 unspecified atom stereocenters. The van der Waals surface area contributed by atoms with E-state index in [2.05, 4.69) is 6.08 Å². The molecule has 0 bridgehead atoms. The number of ether oxygens (including phenoxy) is 3. The molecule has 5 heteroatoms. The van der Waals surface area contributed by atoms with Crippen LogP contribution in [-0.4, -0.2) is 21.3 Å². The van der Waals surface area contributed by atoms with Crippen molar-refractivity contribution in [1.29, 1.82) is 0 Å². The van der Waals surface area contributed by atoms with E-state index in [9.17, 15) is 4.79 Å². The fraction of sp³-hybridized carbons (Fsp3) is 0.286. The lowest BCUT2D eigenvalue weighted by Crippen LogP contribution is -2.06. The summed E-state index contributed by atoms with van der Waals surface area (Å²) < 4.78 is 22.2. The van der Waals surface area contributed by atoms with Crippen molar-refractivity contribution in [2.24, 2.45) is 0 Å². The summed E-state index contributed by atoms with van der Waals surface area (Å²) in [6.07, 6.45) is 2.77. The van der Waals surface area contributed by atoms with Gasteiger partial charge in [-0.1, -0.05) is 11.6 Å². The minimum atomic E-state index is -0.155. The molecule has 2 aromatic carbocycles. The standard InChI is InChI=1S/C21H22O5/c1-12(2)6-7-13-10-14-18(11-17(13)24-4)26-15-8-9-16(23-3)21(25-5)19(15)20(14)22/h6,8-11H,7H2,1-5H3. The second kappa shape index (κ2) is 7.12. The third kappa shape index (κ3) is 3.01. The number of benzene rings is 2. The van der Waals surface area contributed by atoms with Crippen molar-refractivity contribution in [3.05, 3.63) is 51.7 Å². The Hall–Kier alpha value is -2.95. The average molecular weight is 354 g/mol. The number of allylic oxidation sites excluding steroid dienone is 2. The zero-order valence-corrected chi connectivity index (χ0v) is 15.6. The van der Waals surface area contributed by atoms with Crippen LogP contribution in [0.4, 0.5) is 0 Å². The fourth-order valence-electron chi connectivity index (χ4n) is 2.99. The third-order valence-electron chi connectivity index (χ3n) is 4.31. The van der Waals surface area contributed by atoms with Crippen molar-refractivity contribution < 1.29 is 18.6 Å². The van der Waals surface area contributed by atoms with Crippen molar-refractivity contribution in [3.8, 4) is 17.2 Å². The smallest absolute Gasteiger partial charge is 0.204 e. The van der Waals surface area contributed by atoms with E-state index < -0.39 is 0 Å². The molecule has 0 saturated heterocycles. The highest BCUT2D eigenvalue weighted by molar-refractivity contribution is 5.95. The second-order valence-corrected chi connectivity index (χ2v) is 6.25. The first-order valence-electron chi connectivity index (χ1n) is 8.32. The summed E-state index contributed by atoms with van der Waals surface area (Å²) in [5.41, 5.74) is 2.89. The molecule has 0 atom stereocenters. The van der Waals surface area contributed by atoms with Gasteiger partial charge in [0.05, 0.1) is 26.7 Å². The highest BCUT2D eigenvalue weighted by atomic mass is 16.5. The van der Waals surface area contributed by atoms with Crippen LogP contribution in [0.1, 0.15) is 19.4 Å². The maximum atomic E-state index is 13.2. The SMILES string of the molecule is COc1cc2oc3ccc(OC)c(OC)c3c(=O)c2cc1CC=C(C)C. The van der Waals surface area contributed by atoms with Gasteiger partial charge < -0.3 is 18.6 Å². The fourth-order valence-corrected chi connectivity index (χ4v) is 2.99. The Morgan fingerprint density at radius 3 is 2.35 bits per heavy atom. The van der Waals surface area contributed by atoms with E-state index in [-0.39, 0.29) is 5.43 Å². The maximum Gasteiger partial charge on any atom is 0.204 e. The molecular formula is C21H22O5. The highest BCUT2D eigenvalue weighted by Gasteiger charge is 2.18. The monoisotopic (exact) mass is 354 g/mol. The Kier molecular flexibility index (Phi) is 4.89. The Bertz CT molecular complexity index is 1060. The van der Waals surface area contributed by atoms with Crippen molar-refractivity contribution >= 4 is 21.9 Å². The minimum Gasteiger partial charge on any atom is -0.496 e. The molecule has 0 aliphatic rings. The molecule has 1 heterocycles. The molecule has 0 N–H and O–H groups in total. The Morgan fingerprint density at radius 1 is 1.00 bits per heavy atom. The van der Waals surface area contributed by atoms with Crippen LogP contribution in [-0.2, 0) is 6.42 Å². The molecule has 5 nitrogen and oxygen atoms in total. The summed E-state index contributed by atoms with van der Waals surface area (Å²) >= 11 is 0. The molecule has 136 valence electrons. The van der Waals surface area contributed by atoms with E-state index in [4.69, 9.17) is 18.6 Å². The van der Waals surface area contributed by atoms with Crippen molar-refractivity contribution in [3.63, 3.8) is 0 Å². The van der Waals surface area contributed by atoms with Gasteiger partial charge in [-0.25, -0.2) is 0 Å². The Morgan fingerprint density at radius 2 is 1.73 bits per heavy atom. The van der Waals surface area contributed by atoms with Gasteiger partial charge >= 0.3 is 0 Å². The molecule has 0 aliphatic carbocycles. The second-order valence-electron chi connectivity index (χ2n) is 6.25. The van der Waals surface area contributed by atoms with Gasteiger partial charge in [0.2, 0.25) is 5.43 Å². The summed E-state index contributed by atoms with van der Waals surface area (Å²) in [6.45, 7) is 4.07. The summed E-state index contributed by atoms with van der Waals surface area (Å²) in [5, 5.41) is 0.861. The van der Waals surface area contributed by atoms with E-state index in [1.54, 1.807) is 25.3 Å². The zero-order valence-electron chi connectivity index (χ0n) is 15.6. The maximum absolute atomic E-state index is 13.2. The topological polar surface area (TPSA) is 57.9 Å². The molecular weight excluding hydrogens is 332 g/mol. The van der Waals surface area contributed by atoms with Crippen LogP contribution >= 0.6 is 0 Å². The normalized spacial score (nSPS) is 10.8. The Balaban J connectivity index is 2.37. The van der Waals surface area contributed by atoms with Crippen molar-refractivity contribution in [2.75, 3.05) is 21.3 Å². The van der Waals surface area contributed by atoms with Gasteiger partial charge in [0.15, 0.2) is 11.5 Å². The minimum absolute atomic E-state index is 0.155. The van der Waals surface area contributed by atoms with Crippen molar-refractivity contribution in [1.82, 2.24) is 0 Å². The molecule has 3 aromatic rings. The summed E-state index contributed by atoms with van der Waals surface area (Å²) in [7, 11) is 4.66. The molecule has 0 radical (unpaired) electrons. The quantitative estimate of drug-likeness (QED) is 0.499. The largest absolute Gasteiger partial charge is 0.496 e. The van der Waals surface area contributed by atoms with Crippen LogP contribution in [0.15, 0.2) is 45.1 Å². The molecule has 0 saturated carbocycles. The predicted octanol–water partition coefficient (Wildman–Crippen LogP) is 4.48. The van der Waals surface area contributed by atoms with Gasteiger partial charge in [-0.05, 0) is 44.0 Å². The van der Waals surface area contributed by atoms with E-state index >= 15 is 0 Å². The summed E-state index contributed by atoms with van der Waals surface area (Å²) in [5.74, 6) is 1.56. The molecule has 0 aliphatic heterocycles. The number of rotatable bonds is 5. The average Bonchev–Trinajstić information content (AvgIpc) is 2.64. The predicted molar refractivity (Wildman–Crippen MR) is 103 cm³/mol.